The number of carboxylic acid groups (broad SMARTS) is 1. The number of carbonyl (C=O) groups is 2. The highest BCUT2D eigenvalue weighted by molar-refractivity contribution is 6.03. The second-order valence-electron chi connectivity index (χ2n) is 3.88. The van der Waals surface area contributed by atoms with Crippen molar-refractivity contribution < 1.29 is 14.7 Å². The third-order valence-corrected chi connectivity index (χ3v) is 2.49. The standard InChI is InChI=1S/C14H9N3O3/c15-7-9-2-1-3-11(6-9)17-13(18)12-5-4-10(8-16-12)14(19)20/h1-6,8H,(H,17,18)(H,19,20). The summed E-state index contributed by atoms with van der Waals surface area (Å²) in [7, 11) is 0. The molecule has 0 aliphatic rings. The van der Waals surface area contributed by atoms with Gasteiger partial charge in [0.2, 0.25) is 0 Å². The fourth-order valence-corrected chi connectivity index (χ4v) is 1.52. The van der Waals surface area contributed by atoms with Crippen molar-refractivity contribution in [3.63, 3.8) is 0 Å². The summed E-state index contributed by atoms with van der Waals surface area (Å²) in [5.41, 5.74) is 1.00. The van der Waals surface area contributed by atoms with E-state index in [1.165, 1.54) is 18.2 Å². The van der Waals surface area contributed by atoms with Gasteiger partial charge in [0.1, 0.15) is 5.69 Å². The van der Waals surface area contributed by atoms with Crippen LogP contribution in [-0.4, -0.2) is 22.0 Å². The molecule has 2 N–H and O–H groups in total. The Hall–Kier alpha value is -3.20. The van der Waals surface area contributed by atoms with Crippen molar-refractivity contribution in [3.05, 3.63) is 59.4 Å². The first-order valence-electron chi connectivity index (χ1n) is 5.61. The van der Waals surface area contributed by atoms with Crippen molar-refractivity contribution in [2.75, 3.05) is 5.32 Å². The first-order valence-corrected chi connectivity index (χ1v) is 5.61. The quantitative estimate of drug-likeness (QED) is 0.884. The van der Waals surface area contributed by atoms with Crippen LogP contribution < -0.4 is 5.32 Å². The van der Waals surface area contributed by atoms with Gasteiger partial charge in [-0.1, -0.05) is 6.07 Å². The Labute approximate surface area is 114 Å². The number of carboxylic acids is 1. The molecule has 2 rings (SSSR count). The minimum atomic E-state index is -1.11. The van der Waals surface area contributed by atoms with E-state index in [0.717, 1.165) is 6.20 Å². The van der Waals surface area contributed by atoms with Gasteiger partial charge in [0.05, 0.1) is 17.2 Å². The summed E-state index contributed by atoms with van der Waals surface area (Å²) in [6.07, 6.45) is 1.11. The summed E-state index contributed by atoms with van der Waals surface area (Å²) in [6, 6.07) is 11.0. The molecule has 0 bridgehead atoms. The average molecular weight is 267 g/mol. The van der Waals surface area contributed by atoms with Crippen molar-refractivity contribution in [1.29, 1.82) is 5.26 Å². The average Bonchev–Trinajstić information content (AvgIpc) is 2.47. The van der Waals surface area contributed by atoms with E-state index in [1.807, 2.05) is 6.07 Å². The molecule has 0 spiro atoms. The van der Waals surface area contributed by atoms with Crippen molar-refractivity contribution in [3.8, 4) is 6.07 Å². The lowest BCUT2D eigenvalue weighted by atomic mass is 10.2. The zero-order valence-electron chi connectivity index (χ0n) is 10.2. The van der Waals surface area contributed by atoms with Gasteiger partial charge in [-0.05, 0) is 30.3 Å². The van der Waals surface area contributed by atoms with Crippen molar-refractivity contribution >= 4 is 17.6 Å². The van der Waals surface area contributed by atoms with Gasteiger partial charge in [-0.25, -0.2) is 4.79 Å². The summed E-state index contributed by atoms with van der Waals surface area (Å²) in [5, 5.41) is 20.1. The molecule has 0 saturated carbocycles. The van der Waals surface area contributed by atoms with E-state index in [0.29, 0.717) is 11.3 Å². The number of anilines is 1. The molecule has 1 aromatic carbocycles. The number of pyridine rings is 1. The number of aromatic nitrogens is 1. The SMILES string of the molecule is N#Cc1cccc(NC(=O)c2ccc(C(=O)O)cn2)c1. The highest BCUT2D eigenvalue weighted by Gasteiger charge is 2.09. The molecule has 2 aromatic rings. The largest absolute Gasteiger partial charge is 0.478 e. The fraction of sp³-hybridized carbons (Fsp3) is 0. The predicted octanol–water partition coefficient (Wildman–Crippen LogP) is 1.90. The summed E-state index contributed by atoms with van der Waals surface area (Å²) in [4.78, 5) is 26.3. The molecule has 1 amide bonds. The molecule has 1 aromatic heterocycles. The maximum absolute atomic E-state index is 11.9. The number of hydrogen-bond donors (Lipinski definition) is 2. The Bertz CT molecular complexity index is 702. The number of nitrogens with one attached hydrogen (secondary N) is 1. The minimum Gasteiger partial charge on any atom is -0.478 e. The Morgan fingerprint density at radius 1 is 1.25 bits per heavy atom. The molecule has 0 atom stereocenters. The summed E-state index contributed by atoms with van der Waals surface area (Å²) >= 11 is 0. The predicted molar refractivity (Wildman–Crippen MR) is 70.3 cm³/mol. The van der Waals surface area contributed by atoms with Crippen LogP contribution >= 0.6 is 0 Å². The molecular formula is C14H9N3O3. The van der Waals surface area contributed by atoms with E-state index in [9.17, 15) is 9.59 Å². The maximum Gasteiger partial charge on any atom is 0.337 e. The van der Waals surface area contributed by atoms with Gasteiger partial charge in [0, 0.05) is 11.9 Å². The minimum absolute atomic E-state index is 0.00743. The molecule has 20 heavy (non-hydrogen) atoms. The molecule has 6 heteroatoms. The summed E-state index contributed by atoms with van der Waals surface area (Å²) < 4.78 is 0. The second-order valence-corrected chi connectivity index (χ2v) is 3.88. The Kier molecular flexibility index (Phi) is 3.72. The highest BCUT2D eigenvalue weighted by Crippen LogP contribution is 2.11. The van der Waals surface area contributed by atoms with E-state index < -0.39 is 11.9 Å². The zero-order chi connectivity index (χ0) is 14.5. The van der Waals surface area contributed by atoms with Gasteiger partial charge in [0.15, 0.2) is 0 Å². The Balaban J connectivity index is 2.15. The molecule has 0 saturated heterocycles. The van der Waals surface area contributed by atoms with E-state index in [4.69, 9.17) is 10.4 Å². The van der Waals surface area contributed by atoms with Crippen LogP contribution in [0.25, 0.3) is 0 Å². The van der Waals surface area contributed by atoms with Gasteiger partial charge < -0.3 is 10.4 Å². The van der Waals surface area contributed by atoms with Crippen LogP contribution in [0.2, 0.25) is 0 Å². The number of carbonyl (C=O) groups excluding carboxylic acids is 1. The molecule has 0 unspecified atom stereocenters. The molecule has 0 aliphatic carbocycles. The molecule has 0 fully saturated rings. The first-order chi connectivity index (χ1) is 9.60. The number of benzene rings is 1. The third-order valence-electron chi connectivity index (χ3n) is 2.49. The van der Waals surface area contributed by atoms with Crippen LogP contribution in [-0.2, 0) is 0 Å². The molecule has 0 radical (unpaired) electrons. The van der Waals surface area contributed by atoms with Crippen LogP contribution in [0.1, 0.15) is 26.4 Å². The van der Waals surface area contributed by atoms with E-state index >= 15 is 0 Å². The number of aromatic carboxylic acids is 1. The van der Waals surface area contributed by atoms with Gasteiger partial charge >= 0.3 is 5.97 Å². The van der Waals surface area contributed by atoms with Gasteiger partial charge in [0.25, 0.3) is 5.91 Å². The van der Waals surface area contributed by atoms with E-state index in [-0.39, 0.29) is 11.3 Å². The Morgan fingerprint density at radius 3 is 2.65 bits per heavy atom. The van der Waals surface area contributed by atoms with Gasteiger partial charge in [-0.3, -0.25) is 9.78 Å². The summed E-state index contributed by atoms with van der Waals surface area (Å²) in [6.45, 7) is 0. The van der Waals surface area contributed by atoms with Crippen LogP contribution in [0.4, 0.5) is 5.69 Å². The van der Waals surface area contributed by atoms with Gasteiger partial charge in [-0.15, -0.1) is 0 Å². The fourth-order valence-electron chi connectivity index (χ4n) is 1.52. The second kappa shape index (κ2) is 5.63. The molecule has 6 nitrogen and oxygen atoms in total. The third kappa shape index (κ3) is 2.97. The smallest absolute Gasteiger partial charge is 0.337 e. The highest BCUT2D eigenvalue weighted by atomic mass is 16.4. The Morgan fingerprint density at radius 2 is 2.05 bits per heavy atom. The van der Waals surface area contributed by atoms with Crippen LogP contribution in [0.15, 0.2) is 42.6 Å². The van der Waals surface area contributed by atoms with Crippen LogP contribution in [0.3, 0.4) is 0 Å². The lowest BCUT2D eigenvalue weighted by molar-refractivity contribution is 0.0696. The van der Waals surface area contributed by atoms with Crippen molar-refractivity contribution in [2.45, 2.75) is 0 Å². The topological polar surface area (TPSA) is 103 Å². The van der Waals surface area contributed by atoms with Crippen molar-refractivity contribution in [2.24, 2.45) is 0 Å². The number of nitrogens with zero attached hydrogens (tertiary/aromatic N) is 2. The summed E-state index contributed by atoms with van der Waals surface area (Å²) in [5.74, 6) is -1.58. The normalized spacial score (nSPS) is 9.55. The monoisotopic (exact) mass is 267 g/mol. The van der Waals surface area contributed by atoms with Gasteiger partial charge in [-0.2, -0.15) is 5.26 Å². The lowest BCUT2D eigenvalue weighted by Gasteiger charge is -2.05. The number of nitriles is 1. The molecule has 1 heterocycles. The maximum atomic E-state index is 11.9. The number of rotatable bonds is 3. The van der Waals surface area contributed by atoms with Crippen LogP contribution in [0, 0.1) is 11.3 Å². The molecule has 0 aliphatic heterocycles. The molecular weight excluding hydrogens is 258 g/mol. The molecule has 98 valence electrons. The van der Waals surface area contributed by atoms with E-state index in [2.05, 4.69) is 10.3 Å². The number of amides is 1. The lowest BCUT2D eigenvalue weighted by Crippen LogP contribution is -2.14. The first kappa shape index (κ1) is 13.2. The van der Waals surface area contributed by atoms with E-state index in [1.54, 1.807) is 18.2 Å². The number of hydrogen-bond acceptors (Lipinski definition) is 4. The zero-order valence-corrected chi connectivity index (χ0v) is 10.2. The van der Waals surface area contributed by atoms with Crippen LogP contribution in [0.5, 0.6) is 0 Å². The van der Waals surface area contributed by atoms with Crippen molar-refractivity contribution in [1.82, 2.24) is 4.98 Å².